The van der Waals surface area contributed by atoms with E-state index >= 15 is 0 Å². The topological polar surface area (TPSA) is 57.7 Å². The van der Waals surface area contributed by atoms with E-state index in [1.54, 1.807) is 12.1 Å². The maximum absolute atomic E-state index is 13.3. The molecule has 1 fully saturated rings. The Bertz CT molecular complexity index is 959. The second-order valence-electron chi connectivity index (χ2n) is 8.89. The van der Waals surface area contributed by atoms with Gasteiger partial charge in [-0.25, -0.2) is 9.29 Å². The van der Waals surface area contributed by atoms with Crippen molar-refractivity contribution in [3.63, 3.8) is 0 Å². The summed E-state index contributed by atoms with van der Waals surface area (Å²) in [6.45, 7) is 9.57. The second-order valence-corrected chi connectivity index (χ2v) is 8.89. The molecule has 6 heteroatoms. The zero-order valence-electron chi connectivity index (χ0n) is 18.0. The molecule has 0 radical (unpaired) electrons. The molecule has 1 saturated heterocycles. The minimum atomic E-state index is -0.917. The first-order valence-corrected chi connectivity index (χ1v) is 10.1. The molecule has 0 N–H and O–H groups in total. The Kier molecular flexibility index (Phi) is 5.79. The maximum Gasteiger partial charge on any atom is 0.257 e. The number of halogens is 1. The van der Waals surface area contributed by atoms with Crippen LogP contribution in [0.4, 0.5) is 10.1 Å². The van der Waals surface area contributed by atoms with Crippen LogP contribution in [0.5, 0.6) is 0 Å². The van der Waals surface area contributed by atoms with Crippen LogP contribution in [-0.2, 0) is 9.59 Å². The quantitative estimate of drug-likeness (QED) is 0.697. The van der Waals surface area contributed by atoms with E-state index in [9.17, 15) is 18.8 Å². The lowest BCUT2D eigenvalue weighted by molar-refractivity contribution is -0.123. The zero-order chi connectivity index (χ0) is 22.2. The van der Waals surface area contributed by atoms with Crippen LogP contribution in [0.2, 0.25) is 0 Å². The zero-order valence-corrected chi connectivity index (χ0v) is 18.0. The number of benzene rings is 2. The van der Waals surface area contributed by atoms with Crippen molar-refractivity contribution >= 4 is 23.4 Å². The fraction of sp³-hybridized carbons (Fsp3) is 0.375. The van der Waals surface area contributed by atoms with Gasteiger partial charge in [0.25, 0.3) is 11.8 Å². The van der Waals surface area contributed by atoms with Crippen molar-refractivity contribution in [3.8, 4) is 0 Å². The van der Waals surface area contributed by atoms with Crippen molar-refractivity contribution in [3.05, 3.63) is 65.5 Å². The lowest BCUT2D eigenvalue weighted by Gasteiger charge is -2.39. The highest BCUT2D eigenvalue weighted by Crippen LogP contribution is 2.31. The predicted molar refractivity (Wildman–Crippen MR) is 114 cm³/mol. The Morgan fingerprint density at radius 2 is 1.60 bits per heavy atom. The molecular weight excluding hydrogens is 383 g/mol. The third-order valence-corrected chi connectivity index (χ3v) is 5.29. The molecule has 1 aliphatic rings. The van der Waals surface area contributed by atoms with E-state index in [0.717, 1.165) is 10.5 Å². The largest absolute Gasteiger partial charge is 0.321 e. The van der Waals surface area contributed by atoms with Crippen LogP contribution in [-0.4, -0.2) is 34.2 Å². The predicted octanol–water partition coefficient (Wildman–Crippen LogP) is 4.52. The molecule has 1 unspecified atom stereocenters. The molecule has 3 amide bonds. The molecule has 0 spiro atoms. The number of anilines is 1. The molecule has 0 aromatic heterocycles. The highest BCUT2D eigenvalue weighted by molar-refractivity contribution is 6.23. The third-order valence-electron chi connectivity index (χ3n) is 5.29. The molecule has 0 aliphatic carbocycles. The molecule has 2 aromatic carbocycles. The number of carbonyl (C=O) groups excluding carboxylic acids is 3. The summed E-state index contributed by atoms with van der Waals surface area (Å²) in [6, 6.07) is 11.6. The van der Waals surface area contributed by atoms with E-state index < -0.39 is 29.2 Å². The highest BCUT2D eigenvalue weighted by atomic mass is 19.1. The summed E-state index contributed by atoms with van der Waals surface area (Å²) in [5.74, 6) is -1.30. The van der Waals surface area contributed by atoms with Crippen LogP contribution in [0.15, 0.2) is 48.5 Å². The molecule has 5 nitrogen and oxygen atoms in total. The van der Waals surface area contributed by atoms with E-state index in [2.05, 4.69) is 13.8 Å². The van der Waals surface area contributed by atoms with Crippen molar-refractivity contribution in [2.45, 2.75) is 58.5 Å². The molecule has 158 valence electrons. The van der Waals surface area contributed by atoms with Crippen LogP contribution < -0.4 is 4.90 Å². The summed E-state index contributed by atoms with van der Waals surface area (Å²) < 4.78 is 13.3. The van der Waals surface area contributed by atoms with Gasteiger partial charge in [-0.1, -0.05) is 26.0 Å². The molecular formula is C24H27FN2O3. The summed E-state index contributed by atoms with van der Waals surface area (Å²) in [5.41, 5.74) is 1.16. The van der Waals surface area contributed by atoms with Gasteiger partial charge in [0.1, 0.15) is 11.9 Å². The Balaban J connectivity index is 1.94. The first kappa shape index (κ1) is 21.7. The maximum atomic E-state index is 13.3. The summed E-state index contributed by atoms with van der Waals surface area (Å²) in [4.78, 5) is 41.8. The first-order chi connectivity index (χ1) is 14.0. The number of hydrogen-bond donors (Lipinski definition) is 0. The fourth-order valence-electron chi connectivity index (χ4n) is 3.74. The van der Waals surface area contributed by atoms with E-state index in [-0.39, 0.29) is 17.9 Å². The SMILES string of the molecule is CC(C)c1ccc(N2C(=O)CC(N(C(=O)c3ccc(F)cc3)C(C)(C)C)C2=O)cc1. The second kappa shape index (κ2) is 8.01. The minimum absolute atomic E-state index is 0.0883. The van der Waals surface area contributed by atoms with Crippen LogP contribution in [0.1, 0.15) is 62.9 Å². The molecule has 0 bridgehead atoms. The van der Waals surface area contributed by atoms with Gasteiger partial charge < -0.3 is 4.90 Å². The van der Waals surface area contributed by atoms with Gasteiger partial charge in [-0.3, -0.25) is 14.4 Å². The Hall–Kier alpha value is -3.02. The van der Waals surface area contributed by atoms with Crippen molar-refractivity contribution in [1.82, 2.24) is 4.90 Å². The van der Waals surface area contributed by atoms with E-state index in [4.69, 9.17) is 0 Å². The van der Waals surface area contributed by atoms with Crippen molar-refractivity contribution in [2.24, 2.45) is 0 Å². The molecule has 0 saturated carbocycles. The number of carbonyl (C=O) groups is 3. The normalized spacial score (nSPS) is 17.0. The van der Waals surface area contributed by atoms with Crippen molar-refractivity contribution in [1.29, 1.82) is 0 Å². The van der Waals surface area contributed by atoms with Crippen LogP contribution in [0.25, 0.3) is 0 Å². The molecule has 1 atom stereocenters. The number of amides is 3. The van der Waals surface area contributed by atoms with Gasteiger partial charge >= 0.3 is 0 Å². The lowest BCUT2D eigenvalue weighted by Crippen LogP contribution is -2.54. The minimum Gasteiger partial charge on any atom is -0.321 e. The summed E-state index contributed by atoms with van der Waals surface area (Å²) in [5, 5.41) is 0. The van der Waals surface area contributed by atoms with E-state index in [1.165, 1.54) is 29.2 Å². The highest BCUT2D eigenvalue weighted by Gasteiger charge is 2.47. The molecule has 30 heavy (non-hydrogen) atoms. The fourth-order valence-corrected chi connectivity index (χ4v) is 3.74. The smallest absolute Gasteiger partial charge is 0.257 e. The van der Waals surface area contributed by atoms with Gasteiger partial charge in [-0.05, 0) is 68.7 Å². The van der Waals surface area contributed by atoms with Gasteiger partial charge in [-0.2, -0.15) is 0 Å². The van der Waals surface area contributed by atoms with Crippen LogP contribution >= 0.6 is 0 Å². The number of nitrogens with zero attached hydrogens (tertiary/aromatic N) is 2. The van der Waals surface area contributed by atoms with Gasteiger partial charge in [0.15, 0.2) is 0 Å². The van der Waals surface area contributed by atoms with Gasteiger partial charge in [-0.15, -0.1) is 0 Å². The monoisotopic (exact) mass is 410 g/mol. The average Bonchev–Trinajstić information content (AvgIpc) is 2.95. The molecule has 1 aliphatic heterocycles. The summed E-state index contributed by atoms with van der Waals surface area (Å²) >= 11 is 0. The molecule has 2 aromatic rings. The van der Waals surface area contributed by atoms with Crippen LogP contribution in [0.3, 0.4) is 0 Å². The van der Waals surface area contributed by atoms with Crippen LogP contribution in [0, 0.1) is 5.82 Å². The standard InChI is InChI=1S/C24H27FN2O3/c1-15(2)16-8-12-19(13-9-16)26-21(28)14-20(23(26)30)27(24(3,4)5)22(29)17-6-10-18(25)11-7-17/h6-13,15,20H,14H2,1-5H3. The van der Waals surface area contributed by atoms with Gasteiger partial charge in [0, 0.05) is 11.1 Å². The third kappa shape index (κ3) is 4.13. The van der Waals surface area contributed by atoms with Crippen molar-refractivity contribution < 1.29 is 18.8 Å². The molecule has 3 rings (SSSR count). The van der Waals surface area contributed by atoms with E-state index in [1.807, 2.05) is 32.9 Å². The lowest BCUT2D eigenvalue weighted by atomic mass is 9.99. The summed E-state index contributed by atoms with van der Waals surface area (Å²) in [6.07, 6.45) is -0.0883. The van der Waals surface area contributed by atoms with Gasteiger partial charge in [0.05, 0.1) is 12.1 Å². The number of hydrogen-bond acceptors (Lipinski definition) is 3. The Morgan fingerprint density at radius 3 is 2.10 bits per heavy atom. The number of imide groups is 1. The summed E-state index contributed by atoms with van der Waals surface area (Å²) in [7, 11) is 0. The van der Waals surface area contributed by atoms with Gasteiger partial charge in [0.2, 0.25) is 5.91 Å². The van der Waals surface area contributed by atoms with E-state index in [0.29, 0.717) is 11.6 Å². The van der Waals surface area contributed by atoms with Crippen molar-refractivity contribution in [2.75, 3.05) is 4.90 Å². The first-order valence-electron chi connectivity index (χ1n) is 10.1. The molecule has 1 heterocycles. The Morgan fingerprint density at radius 1 is 1.03 bits per heavy atom. The Labute approximate surface area is 176 Å². The number of rotatable bonds is 4. The average molecular weight is 410 g/mol.